The maximum Gasteiger partial charge on any atom is 0.253 e. The summed E-state index contributed by atoms with van der Waals surface area (Å²) in [5, 5.41) is 6.50. The largest absolute Gasteiger partial charge is 0.360 e. The fourth-order valence-electron chi connectivity index (χ4n) is 3.75. The van der Waals surface area contributed by atoms with E-state index in [-0.39, 0.29) is 18.4 Å². The third-order valence-corrected chi connectivity index (χ3v) is 5.65. The molecule has 1 N–H and O–H groups in total. The maximum absolute atomic E-state index is 12.9. The van der Waals surface area contributed by atoms with Crippen LogP contribution in [-0.2, 0) is 11.3 Å². The molecule has 0 saturated carbocycles. The molecule has 0 unspecified atom stereocenters. The number of piperazine rings is 1. The van der Waals surface area contributed by atoms with E-state index in [9.17, 15) is 9.59 Å². The zero-order valence-electron chi connectivity index (χ0n) is 18.9. The van der Waals surface area contributed by atoms with E-state index in [4.69, 9.17) is 4.52 Å². The van der Waals surface area contributed by atoms with Crippen LogP contribution in [0.15, 0.2) is 34.9 Å². The van der Waals surface area contributed by atoms with Gasteiger partial charge in [0.15, 0.2) is 5.82 Å². The summed E-state index contributed by atoms with van der Waals surface area (Å²) in [6, 6.07) is 10.1. The van der Waals surface area contributed by atoms with E-state index < -0.39 is 0 Å². The van der Waals surface area contributed by atoms with Crippen LogP contribution in [-0.4, -0.2) is 77.0 Å². The summed E-state index contributed by atoms with van der Waals surface area (Å²) in [4.78, 5) is 31.3. The van der Waals surface area contributed by atoms with Gasteiger partial charge in [0.05, 0.1) is 6.54 Å². The van der Waals surface area contributed by atoms with Crippen molar-refractivity contribution < 1.29 is 14.1 Å². The lowest BCUT2D eigenvalue weighted by Gasteiger charge is -2.34. The number of aryl methyl sites for hydroxylation is 1. The number of nitrogens with zero attached hydrogens (tertiary/aromatic N) is 4. The van der Waals surface area contributed by atoms with Crippen LogP contribution in [0.3, 0.4) is 0 Å². The third kappa shape index (κ3) is 6.38. The number of hydrogen-bond acceptors (Lipinski definition) is 6. The van der Waals surface area contributed by atoms with Gasteiger partial charge in [0.25, 0.3) is 5.91 Å². The number of amides is 2. The van der Waals surface area contributed by atoms with Crippen LogP contribution in [0.25, 0.3) is 0 Å². The van der Waals surface area contributed by atoms with E-state index in [1.54, 1.807) is 13.0 Å². The topological polar surface area (TPSA) is 81.9 Å². The molecule has 8 heteroatoms. The van der Waals surface area contributed by atoms with E-state index in [0.29, 0.717) is 49.4 Å². The molecule has 0 spiro atoms. The summed E-state index contributed by atoms with van der Waals surface area (Å²) in [6.07, 6.45) is 0. The summed E-state index contributed by atoms with van der Waals surface area (Å²) in [5.41, 5.74) is 1.93. The SMILES string of the molecule is CCN(Cc1ccc(C(=O)N2CCN(CC(=O)Nc3cc(C)on3)CC2)cc1)C(C)C. The molecule has 2 heterocycles. The minimum Gasteiger partial charge on any atom is -0.360 e. The van der Waals surface area contributed by atoms with Gasteiger partial charge in [0, 0.05) is 50.4 Å². The molecule has 0 bridgehead atoms. The number of rotatable bonds is 8. The number of nitrogens with one attached hydrogen (secondary N) is 1. The molecule has 2 aromatic rings. The number of hydrogen-bond donors (Lipinski definition) is 1. The number of anilines is 1. The summed E-state index contributed by atoms with van der Waals surface area (Å²) >= 11 is 0. The monoisotopic (exact) mass is 427 g/mol. The van der Waals surface area contributed by atoms with E-state index in [0.717, 1.165) is 13.1 Å². The quantitative estimate of drug-likeness (QED) is 0.697. The zero-order valence-corrected chi connectivity index (χ0v) is 18.9. The van der Waals surface area contributed by atoms with Crippen molar-refractivity contribution >= 4 is 17.6 Å². The van der Waals surface area contributed by atoms with E-state index in [1.807, 2.05) is 34.1 Å². The zero-order chi connectivity index (χ0) is 22.4. The predicted molar refractivity (Wildman–Crippen MR) is 120 cm³/mol. The Labute approximate surface area is 184 Å². The number of benzene rings is 1. The molecule has 0 aliphatic carbocycles. The van der Waals surface area contributed by atoms with Crippen LogP contribution in [0.4, 0.5) is 5.82 Å². The second-order valence-electron chi connectivity index (χ2n) is 8.29. The standard InChI is InChI=1S/C23H33N5O3/c1-5-27(17(2)3)15-19-6-8-20(9-7-19)23(30)28-12-10-26(11-13-28)16-22(29)24-21-14-18(4)31-25-21/h6-9,14,17H,5,10-13,15-16H2,1-4H3,(H,24,25,29). The molecule has 3 rings (SSSR count). The molecular formula is C23H33N5O3. The van der Waals surface area contributed by atoms with Gasteiger partial charge in [-0.15, -0.1) is 0 Å². The molecule has 1 aromatic heterocycles. The van der Waals surface area contributed by atoms with E-state index in [2.05, 4.69) is 36.1 Å². The van der Waals surface area contributed by atoms with Gasteiger partial charge in [-0.2, -0.15) is 0 Å². The third-order valence-electron chi connectivity index (χ3n) is 5.65. The molecule has 1 saturated heterocycles. The fourth-order valence-corrected chi connectivity index (χ4v) is 3.75. The van der Waals surface area contributed by atoms with Crippen molar-refractivity contribution in [3.8, 4) is 0 Å². The van der Waals surface area contributed by atoms with Crippen molar-refractivity contribution in [1.82, 2.24) is 19.9 Å². The van der Waals surface area contributed by atoms with Crippen molar-refractivity contribution in [1.29, 1.82) is 0 Å². The minimum absolute atomic E-state index is 0.0462. The van der Waals surface area contributed by atoms with Crippen LogP contribution in [0.2, 0.25) is 0 Å². The Bertz CT molecular complexity index is 870. The van der Waals surface area contributed by atoms with Crippen LogP contribution < -0.4 is 5.32 Å². The molecule has 1 aromatic carbocycles. The van der Waals surface area contributed by atoms with Crippen LogP contribution in [0.1, 0.15) is 42.5 Å². The first-order valence-electron chi connectivity index (χ1n) is 10.9. The Kier molecular flexibility index (Phi) is 7.81. The summed E-state index contributed by atoms with van der Waals surface area (Å²) in [6.45, 7) is 13.0. The number of aromatic nitrogens is 1. The average Bonchev–Trinajstić information content (AvgIpc) is 3.16. The summed E-state index contributed by atoms with van der Waals surface area (Å²) < 4.78 is 4.96. The van der Waals surface area contributed by atoms with Crippen molar-refractivity contribution in [3.05, 3.63) is 47.2 Å². The Balaban J connectivity index is 1.46. The average molecular weight is 428 g/mol. The molecule has 1 fully saturated rings. The molecule has 168 valence electrons. The first kappa shape index (κ1) is 23.0. The lowest BCUT2D eigenvalue weighted by Crippen LogP contribution is -2.50. The fraction of sp³-hybridized carbons (Fsp3) is 0.522. The molecule has 0 atom stereocenters. The Morgan fingerprint density at radius 2 is 1.84 bits per heavy atom. The highest BCUT2D eigenvalue weighted by molar-refractivity contribution is 5.94. The van der Waals surface area contributed by atoms with Gasteiger partial charge in [-0.05, 0) is 45.0 Å². The summed E-state index contributed by atoms with van der Waals surface area (Å²) in [5.74, 6) is 0.990. The van der Waals surface area contributed by atoms with Gasteiger partial charge in [-0.3, -0.25) is 19.4 Å². The predicted octanol–water partition coefficient (Wildman–Crippen LogP) is 2.61. The lowest BCUT2D eigenvalue weighted by atomic mass is 10.1. The summed E-state index contributed by atoms with van der Waals surface area (Å²) in [7, 11) is 0. The highest BCUT2D eigenvalue weighted by Crippen LogP contribution is 2.13. The van der Waals surface area contributed by atoms with Gasteiger partial charge in [-0.1, -0.05) is 24.2 Å². The normalized spacial score (nSPS) is 15.0. The maximum atomic E-state index is 12.9. The van der Waals surface area contributed by atoms with Crippen molar-refractivity contribution in [2.24, 2.45) is 0 Å². The van der Waals surface area contributed by atoms with Gasteiger partial charge < -0.3 is 14.7 Å². The molecule has 0 radical (unpaired) electrons. The van der Waals surface area contributed by atoms with Gasteiger partial charge in [-0.25, -0.2) is 0 Å². The first-order valence-corrected chi connectivity index (χ1v) is 10.9. The van der Waals surface area contributed by atoms with Gasteiger partial charge in [0.2, 0.25) is 5.91 Å². The number of carbonyl (C=O) groups excluding carboxylic acids is 2. The molecule has 1 aliphatic heterocycles. The second kappa shape index (κ2) is 10.5. The Morgan fingerprint density at radius 3 is 2.39 bits per heavy atom. The van der Waals surface area contributed by atoms with Crippen molar-refractivity contribution in [2.75, 3.05) is 44.6 Å². The van der Waals surface area contributed by atoms with Crippen molar-refractivity contribution in [3.63, 3.8) is 0 Å². The van der Waals surface area contributed by atoms with E-state index in [1.165, 1.54) is 5.56 Å². The minimum atomic E-state index is -0.133. The van der Waals surface area contributed by atoms with Crippen molar-refractivity contribution in [2.45, 2.75) is 40.3 Å². The Hall–Kier alpha value is -2.71. The van der Waals surface area contributed by atoms with Gasteiger partial charge >= 0.3 is 0 Å². The molecule has 1 aliphatic rings. The molecule has 2 amide bonds. The first-order chi connectivity index (χ1) is 14.9. The number of carbonyl (C=O) groups is 2. The Morgan fingerprint density at radius 1 is 1.16 bits per heavy atom. The highest BCUT2D eigenvalue weighted by atomic mass is 16.5. The van der Waals surface area contributed by atoms with Crippen LogP contribution in [0.5, 0.6) is 0 Å². The van der Waals surface area contributed by atoms with Gasteiger partial charge in [0.1, 0.15) is 5.76 Å². The van der Waals surface area contributed by atoms with Crippen LogP contribution >= 0.6 is 0 Å². The van der Waals surface area contributed by atoms with E-state index >= 15 is 0 Å². The highest BCUT2D eigenvalue weighted by Gasteiger charge is 2.23. The second-order valence-corrected chi connectivity index (χ2v) is 8.29. The molecule has 8 nitrogen and oxygen atoms in total. The molecule has 31 heavy (non-hydrogen) atoms. The smallest absolute Gasteiger partial charge is 0.253 e. The molecular weight excluding hydrogens is 394 g/mol. The van der Waals surface area contributed by atoms with Crippen LogP contribution in [0, 0.1) is 6.92 Å². The lowest BCUT2D eigenvalue weighted by molar-refractivity contribution is -0.117.